The van der Waals surface area contributed by atoms with Crippen LogP contribution in [-0.4, -0.2) is 25.7 Å². The largest absolute Gasteiger partial charge is 0.465 e. The van der Waals surface area contributed by atoms with Gasteiger partial charge in [0.1, 0.15) is 0 Å². The van der Waals surface area contributed by atoms with Crippen LogP contribution in [0.3, 0.4) is 0 Å². The molecule has 0 aromatic rings. The first kappa shape index (κ1) is 9.97. The average Bonchev–Trinajstić information content (AvgIpc) is 3.00. The van der Waals surface area contributed by atoms with Gasteiger partial charge in [-0.05, 0) is 50.6 Å². The van der Waals surface area contributed by atoms with Crippen molar-refractivity contribution in [1.29, 1.82) is 0 Å². The van der Waals surface area contributed by atoms with E-state index < -0.39 is 0 Å². The Morgan fingerprint density at radius 2 is 1.86 bits per heavy atom. The van der Waals surface area contributed by atoms with Crippen LogP contribution in [0.4, 0.5) is 0 Å². The van der Waals surface area contributed by atoms with Gasteiger partial charge in [0.05, 0.1) is 6.61 Å². The number of hydrogen-bond donors (Lipinski definition) is 1. The molecular weight excluding hydrogens is 178 g/mol. The molecule has 1 heterocycles. The van der Waals surface area contributed by atoms with Crippen LogP contribution in [0.5, 0.6) is 0 Å². The molecule has 14 heavy (non-hydrogen) atoms. The van der Waals surface area contributed by atoms with Gasteiger partial charge in [-0.1, -0.05) is 0 Å². The SMILES string of the molecule is O=C(CC1CCNCC1)OCC1CC1. The smallest absolute Gasteiger partial charge is 0.306 e. The van der Waals surface area contributed by atoms with Gasteiger partial charge in [-0.25, -0.2) is 0 Å². The van der Waals surface area contributed by atoms with Gasteiger partial charge in [-0.15, -0.1) is 0 Å². The molecule has 1 aliphatic heterocycles. The highest BCUT2D eigenvalue weighted by Crippen LogP contribution is 2.29. The fraction of sp³-hybridized carbons (Fsp3) is 0.909. The fourth-order valence-electron chi connectivity index (χ4n) is 1.88. The second-order valence-electron chi connectivity index (χ2n) is 4.52. The lowest BCUT2D eigenvalue weighted by molar-refractivity contribution is -0.145. The van der Waals surface area contributed by atoms with Crippen LogP contribution in [0.1, 0.15) is 32.1 Å². The van der Waals surface area contributed by atoms with E-state index >= 15 is 0 Å². The van der Waals surface area contributed by atoms with Gasteiger partial charge >= 0.3 is 5.97 Å². The molecule has 3 heteroatoms. The van der Waals surface area contributed by atoms with E-state index in [9.17, 15) is 4.79 Å². The summed E-state index contributed by atoms with van der Waals surface area (Å²) in [5.74, 6) is 1.26. The highest BCUT2D eigenvalue weighted by Gasteiger charge is 2.24. The Balaban J connectivity index is 1.59. The first-order chi connectivity index (χ1) is 6.84. The first-order valence-electron chi connectivity index (χ1n) is 5.71. The minimum atomic E-state index is 0.0174. The number of hydrogen-bond acceptors (Lipinski definition) is 3. The third kappa shape index (κ3) is 3.29. The minimum absolute atomic E-state index is 0.0174. The Bertz CT molecular complexity index is 195. The summed E-state index contributed by atoms with van der Waals surface area (Å²) in [5.41, 5.74) is 0. The van der Waals surface area contributed by atoms with E-state index in [-0.39, 0.29) is 5.97 Å². The van der Waals surface area contributed by atoms with Crippen LogP contribution in [-0.2, 0) is 9.53 Å². The third-order valence-corrected chi connectivity index (χ3v) is 3.09. The molecule has 0 amide bonds. The maximum atomic E-state index is 11.4. The lowest BCUT2D eigenvalue weighted by Gasteiger charge is -2.21. The van der Waals surface area contributed by atoms with Gasteiger partial charge in [0, 0.05) is 6.42 Å². The fourth-order valence-corrected chi connectivity index (χ4v) is 1.88. The molecular formula is C11H19NO2. The van der Waals surface area contributed by atoms with Gasteiger partial charge in [-0.2, -0.15) is 0 Å². The molecule has 0 atom stereocenters. The number of carbonyl (C=O) groups is 1. The quantitative estimate of drug-likeness (QED) is 0.691. The highest BCUT2D eigenvalue weighted by molar-refractivity contribution is 5.69. The topological polar surface area (TPSA) is 38.3 Å². The second kappa shape index (κ2) is 4.78. The van der Waals surface area contributed by atoms with Gasteiger partial charge in [0.25, 0.3) is 0 Å². The lowest BCUT2D eigenvalue weighted by atomic mass is 9.95. The Morgan fingerprint density at radius 1 is 1.14 bits per heavy atom. The third-order valence-electron chi connectivity index (χ3n) is 3.09. The zero-order chi connectivity index (χ0) is 9.80. The number of piperidine rings is 1. The molecule has 0 spiro atoms. The van der Waals surface area contributed by atoms with Gasteiger partial charge in [0.15, 0.2) is 0 Å². The normalized spacial score (nSPS) is 23.4. The number of nitrogens with one attached hydrogen (secondary N) is 1. The molecule has 0 aromatic carbocycles. The summed E-state index contributed by atoms with van der Waals surface area (Å²) in [6.45, 7) is 2.78. The Morgan fingerprint density at radius 3 is 2.50 bits per heavy atom. The van der Waals surface area contributed by atoms with Gasteiger partial charge in [0.2, 0.25) is 0 Å². The second-order valence-corrected chi connectivity index (χ2v) is 4.52. The summed E-state index contributed by atoms with van der Waals surface area (Å²) in [4.78, 5) is 11.4. The molecule has 1 N–H and O–H groups in total. The van der Waals surface area contributed by atoms with E-state index in [1.807, 2.05) is 0 Å². The van der Waals surface area contributed by atoms with Crippen LogP contribution in [0.25, 0.3) is 0 Å². The van der Waals surface area contributed by atoms with E-state index in [0.29, 0.717) is 24.9 Å². The van der Waals surface area contributed by atoms with Crippen molar-refractivity contribution in [1.82, 2.24) is 5.32 Å². The Labute approximate surface area is 85.2 Å². The van der Waals surface area contributed by atoms with Crippen LogP contribution in [0, 0.1) is 11.8 Å². The summed E-state index contributed by atoms with van der Waals surface area (Å²) >= 11 is 0. The predicted molar refractivity (Wildman–Crippen MR) is 53.9 cm³/mol. The molecule has 2 aliphatic rings. The van der Waals surface area contributed by atoms with Crippen molar-refractivity contribution in [3.05, 3.63) is 0 Å². The number of esters is 1. The molecule has 3 nitrogen and oxygen atoms in total. The van der Waals surface area contributed by atoms with E-state index in [1.54, 1.807) is 0 Å². The summed E-state index contributed by atoms with van der Waals surface area (Å²) in [5, 5.41) is 3.30. The summed E-state index contributed by atoms with van der Waals surface area (Å²) in [6, 6.07) is 0. The molecule has 1 saturated carbocycles. The minimum Gasteiger partial charge on any atom is -0.465 e. The predicted octanol–water partition coefficient (Wildman–Crippen LogP) is 1.33. The van der Waals surface area contributed by atoms with E-state index in [1.165, 1.54) is 12.8 Å². The lowest BCUT2D eigenvalue weighted by Crippen LogP contribution is -2.29. The molecule has 0 bridgehead atoms. The van der Waals surface area contributed by atoms with Crippen molar-refractivity contribution >= 4 is 5.97 Å². The maximum Gasteiger partial charge on any atom is 0.306 e. The van der Waals surface area contributed by atoms with E-state index in [4.69, 9.17) is 4.74 Å². The number of ether oxygens (including phenoxy) is 1. The van der Waals surface area contributed by atoms with Crippen LogP contribution >= 0.6 is 0 Å². The van der Waals surface area contributed by atoms with Crippen molar-refractivity contribution in [3.63, 3.8) is 0 Å². The van der Waals surface area contributed by atoms with Crippen molar-refractivity contribution in [2.45, 2.75) is 32.1 Å². The zero-order valence-corrected chi connectivity index (χ0v) is 8.63. The first-order valence-corrected chi connectivity index (χ1v) is 5.71. The molecule has 0 radical (unpaired) electrons. The average molecular weight is 197 g/mol. The maximum absolute atomic E-state index is 11.4. The summed E-state index contributed by atoms with van der Waals surface area (Å²) in [7, 11) is 0. The van der Waals surface area contributed by atoms with Crippen LogP contribution < -0.4 is 5.32 Å². The standard InChI is InChI=1S/C11H19NO2/c13-11(14-8-10-1-2-10)7-9-3-5-12-6-4-9/h9-10,12H,1-8H2. The van der Waals surface area contributed by atoms with Crippen molar-refractivity contribution < 1.29 is 9.53 Å². The number of carbonyl (C=O) groups excluding carboxylic acids is 1. The molecule has 80 valence electrons. The Kier molecular flexibility index (Phi) is 3.40. The molecule has 0 aromatic heterocycles. The summed E-state index contributed by atoms with van der Waals surface area (Å²) < 4.78 is 5.21. The Hall–Kier alpha value is -0.570. The van der Waals surface area contributed by atoms with E-state index in [0.717, 1.165) is 25.9 Å². The van der Waals surface area contributed by atoms with Crippen molar-refractivity contribution in [2.75, 3.05) is 19.7 Å². The van der Waals surface area contributed by atoms with Gasteiger partial charge < -0.3 is 10.1 Å². The van der Waals surface area contributed by atoms with E-state index in [2.05, 4.69) is 5.32 Å². The van der Waals surface area contributed by atoms with Gasteiger partial charge in [-0.3, -0.25) is 4.79 Å². The molecule has 1 aliphatic carbocycles. The van der Waals surface area contributed by atoms with Crippen molar-refractivity contribution in [2.24, 2.45) is 11.8 Å². The summed E-state index contributed by atoms with van der Waals surface area (Å²) in [6.07, 6.45) is 5.38. The van der Waals surface area contributed by atoms with Crippen molar-refractivity contribution in [3.8, 4) is 0 Å². The zero-order valence-electron chi connectivity index (χ0n) is 8.63. The molecule has 2 fully saturated rings. The van der Waals surface area contributed by atoms with Crippen LogP contribution in [0.15, 0.2) is 0 Å². The highest BCUT2D eigenvalue weighted by atomic mass is 16.5. The number of rotatable bonds is 4. The molecule has 1 saturated heterocycles. The monoisotopic (exact) mass is 197 g/mol. The molecule has 2 rings (SSSR count). The molecule has 0 unspecified atom stereocenters. The van der Waals surface area contributed by atoms with Crippen LogP contribution in [0.2, 0.25) is 0 Å².